The number of para-hydroxylation sites is 1. The van der Waals surface area contributed by atoms with Crippen molar-refractivity contribution in [2.75, 3.05) is 11.5 Å². The van der Waals surface area contributed by atoms with Crippen LogP contribution in [0.3, 0.4) is 0 Å². The Morgan fingerprint density at radius 1 is 1.06 bits per heavy atom. The monoisotopic (exact) mass is 572 g/mol. The molecule has 0 radical (unpaired) electrons. The summed E-state index contributed by atoms with van der Waals surface area (Å²) >= 11 is 9.60. The molecule has 0 spiro atoms. The summed E-state index contributed by atoms with van der Waals surface area (Å²) in [6.45, 7) is 2.04. The first-order chi connectivity index (χ1) is 17.3. The molecule has 0 atom stereocenters. The van der Waals surface area contributed by atoms with Crippen LogP contribution in [0, 0.1) is 5.82 Å². The molecule has 0 aromatic heterocycles. The minimum absolute atomic E-state index is 0.0401. The molecule has 7 nitrogen and oxygen atoms in total. The van der Waals surface area contributed by atoms with Crippen LogP contribution >= 0.6 is 27.5 Å². The molecule has 1 heterocycles. The molecule has 184 valence electrons. The summed E-state index contributed by atoms with van der Waals surface area (Å²) in [6.07, 6.45) is 1.34. The number of hydrogen-bond donors (Lipinski definition) is 1. The molecule has 0 saturated carbocycles. The van der Waals surface area contributed by atoms with Crippen molar-refractivity contribution >= 4 is 57.1 Å². The normalized spacial score (nSPS) is 14.7. The van der Waals surface area contributed by atoms with Gasteiger partial charge in [0.15, 0.2) is 11.5 Å². The molecule has 0 aliphatic carbocycles. The summed E-state index contributed by atoms with van der Waals surface area (Å²) in [5.41, 5.74) is 0.666. The van der Waals surface area contributed by atoms with Gasteiger partial charge in [0.1, 0.15) is 18.0 Å². The van der Waals surface area contributed by atoms with Crippen molar-refractivity contribution in [3.63, 3.8) is 0 Å². The number of nitrogens with zero attached hydrogens (tertiary/aromatic N) is 1. The number of rotatable bonds is 7. The molecule has 0 unspecified atom stereocenters. The number of ether oxygens (including phenoxy) is 2. The van der Waals surface area contributed by atoms with E-state index in [-0.39, 0.29) is 22.9 Å². The second-order valence-electron chi connectivity index (χ2n) is 7.55. The minimum atomic E-state index is -0.900. The zero-order chi connectivity index (χ0) is 25.8. The predicted molar refractivity (Wildman–Crippen MR) is 136 cm³/mol. The molecule has 3 aromatic carbocycles. The van der Waals surface area contributed by atoms with Gasteiger partial charge in [-0.05, 0) is 64.8 Å². The summed E-state index contributed by atoms with van der Waals surface area (Å²) in [4.78, 5) is 39.0. The van der Waals surface area contributed by atoms with E-state index in [1.54, 1.807) is 49.4 Å². The number of amides is 4. The Balaban J connectivity index is 1.68. The number of hydrogen-bond acceptors (Lipinski definition) is 5. The standard InChI is InChI=1S/C26H19BrClFN2O5/c1-2-35-22-13-15(12-18(27)23(22)36-14-16-7-3-5-9-20(16)29)11-17-24(32)30-26(34)31(25(17)33)21-10-6-4-8-19(21)28/h3-13H,2,14H2,1H3,(H,30,32,34)/b17-11+. The van der Waals surface area contributed by atoms with Crippen LogP contribution in [0.2, 0.25) is 5.02 Å². The average Bonchev–Trinajstić information content (AvgIpc) is 2.83. The van der Waals surface area contributed by atoms with Gasteiger partial charge in [-0.25, -0.2) is 14.1 Å². The molecule has 10 heteroatoms. The van der Waals surface area contributed by atoms with Crippen molar-refractivity contribution in [2.24, 2.45) is 0 Å². The Labute approximate surface area is 219 Å². The van der Waals surface area contributed by atoms with Crippen molar-refractivity contribution in [1.82, 2.24) is 5.32 Å². The van der Waals surface area contributed by atoms with Gasteiger partial charge < -0.3 is 9.47 Å². The van der Waals surface area contributed by atoms with E-state index < -0.39 is 23.7 Å². The van der Waals surface area contributed by atoms with Gasteiger partial charge in [-0.2, -0.15) is 0 Å². The lowest BCUT2D eigenvalue weighted by molar-refractivity contribution is -0.122. The summed E-state index contributed by atoms with van der Waals surface area (Å²) in [6, 6.07) is 14.8. The van der Waals surface area contributed by atoms with Crippen LogP contribution in [0.4, 0.5) is 14.9 Å². The highest BCUT2D eigenvalue weighted by atomic mass is 79.9. The largest absolute Gasteiger partial charge is 0.490 e. The average molecular weight is 574 g/mol. The minimum Gasteiger partial charge on any atom is -0.490 e. The molecule has 0 bridgehead atoms. The molecule has 36 heavy (non-hydrogen) atoms. The Hall–Kier alpha value is -3.69. The third-order valence-corrected chi connectivity index (χ3v) is 6.08. The SMILES string of the molecule is CCOc1cc(/C=C2\C(=O)NC(=O)N(c3ccccc3Cl)C2=O)cc(Br)c1OCc1ccccc1F. The zero-order valence-corrected chi connectivity index (χ0v) is 21.2. The van der Waals surface area contributed by atoms with E-state index in [2.05, 4.69) is 21.2 Å². The lowest BCUT2D eigenvalue weighted by Gasteiger charge is -2.27. The number of nitrogens with one attached hydrogen (secondary N) is 1. The Kier molecular flexibility index (Phi) is 7.71. The molecular formula is C26H19BrClFN2O5. The van der Waals surface area contributed by atoms with Gasteiger partial charge in [0.25, 0.3) is 11.8 Å². The fraction of sp³-hybridized carbons (Fsp3) is 0.115. The quantitative estimate of drug-likeness (QED) is 0.282. The van der Waals surface area contributed by atoms with Gasteiger partial charge in [-0.3, -0.25) is 14.9 Å². The maximum absolute atomic E-state index is 14.0. The smallest absolute Gasteiger partial charge is 0.335 e. The number of barbiturate groups is 1. The van der Waals surface area contributed by atoms with Crippen molar-refractivity contribution in [2.45, 2.75) is 13.5 Å². The molecule has 1 aliphatic heterocycles. The molecule has 4 rings (SSSR count). The van der Waals surface area contributed by atoms with Crippen molar-refractivity contribution in [3.8, 4) is 11.5 Å². The van der Waals surface area contributed by atoms with Gasteiger partial charge >= 0.3 is 6.03 Å². The maximum Gasteiger partial charge on any atom is 0.335 e. The summed E-state index contributed by atoms with van der Waals surface area (Å²) in [5.74, 6) is -1.42. The van der Waals surface area contributed by atoms with Crippen LogP contribution in [-0.2, 0) is 16.2 Å². The molecular weight excluding hydrogens is 555 g/mol. The molecule has 1 aliphatic rings. The van der Waals surface area contributed by atoms with Crippen LogP contribution in [0.1, 0.15) is 18.1 Å². The number of halogens is 3. The second-order valence-corrected chi connectivity index (χ2v) is 8.81. The number of anilines is 1. The van der Waals surface area contributed by atoms with Crippen LogP contribution in [0.25, 0.3) is 6.08 Å². The van der Waals surface area contributed by atoms with Gasteiger partial charge in [0.2, 0.25) is 0 Å². The van der Waals surface area contributed by atoms with E-state index in [4.69, 9.17) is 21.1 Å². The van der Waals surface area contributed by atoms with Crippen molar-refractivity contribution < 1.29 is 28.2 Å². The van der Waals surface area contributed by atoms with Crippen LogP contribution in [0.15, 0.2) is 70.7 Å². The number of urea groups is 1. The summed E-state index contributed by atoms with van der Waals surface area (Å²) < 4.78 is 26.0. The topological polar surface area (TPSA) is 84.9 Å². The van der Waals surface area contributed by atoms with E-state index in [9.17, 15) is 18.8 Å². The first-order valence-electron chi connectivity index (χ1n) is 10.8. The molecule has 1 fully saturated rings. The van der Waals surface area contributed by atoms with Crippen molar-refractivity contribution in [1.29, 1.82) is 0 Å². The number of imide groups is 2. The lowest BCUT2D eigenvalue weighted by Crippen LogP contribution is -2.54. The fourth-order valence-corrected chi connectivity index (χ4v) is 4.31. The summed E-state index contributed by atoms with van der Waals surface area (Å²) in [5, 5.41) is 2.34. The number of carbonyl (C=O) groups is 3. The van der Waals surface area contributed by atoms with Crippen LogP contribution < -0.4 is 19.7 Å². The fourth-order valence-electron chi connectivity index (χ4n) is 3.52. The maximum atomic E-state index is 14.0. The van der Waals surface area contributed by atoms with E-state index in [0.29, 0.717) is 33.7 Å². The van der Waals surface area contributed by atoms with Crippen LogP contribution in [-0.4, -0.2) is 24.5 Å². The lowest BCUT2D eigenvalue weighted by atomic mass is 10.1. The number of benzene rings is 3. The predicted octanol–water partition coefficient (Wildman–Crippen LogP) is 5.89. The molecule has 4 amide bonds. The van der Waals surface area contributed by atoms with Gasteiger partial charge in [0, 0.05) is 5.56 Å². The second kappa shape index (κ2) is 10.9. The highest BCUT2D eigenvalue weighted by molar-refractivity contribution is 9.10. The van der Waals surface area contributed by atoms with Gasteiger partial charge in [-0.1, -0.05) is 41.9 Å². The van der Waals surface area contributed by atoms with Crippen molar-refractivity contribution in [3.05, 3.63) is 92.7 Å². The van der Waals surface area contributed by atoms with E-state index in [0.717, 1.165) is 4.90 Å². The zero-order valence-electron chi connectivity index (χ0n) is 18.9. The number of carbonyl (C=O) groups excluding carboxylic acids is 3. The Bertz CT molecular complexity index is 1390. The van der Waals surface area contributed by atoms with E-state index in [1.165, 1.54) is 24.3 Å². The van der Waals surface area contributed by atoms with E-state index in [1.807, 2.05) is 0 Å². The first kappa shape index (κ1) is 25.4. The Morgan fingerprint density at radius 2 is 1.78 bits per heavy atom. The van der Waals surface area contributed by atoms with Gasteiger partial charge in [0.05, 0.1) is 21.8 Å². The third-order valence-electron chi connectivity index (χ3n) is 5.17. The molecule has 1 saturated heterocycles. The highest BCUT2D eigenvalue weighted by Gasteiger charge is 2.37. The van der Waals surface area contributed by atoms with Crippen LogP contribution in [0.5, 0.6) is 11.5 Å². The molecule has 1 N–H and O–H groups in total. The van der Waals surface area contributed by atoms with E-state index >= 15 is 0 Å². The first-order valence-corrected chi connectivity index (χ1v) is 12.0. The third kappa shape index (κ3) is 5.27. The summed E-state index contributed by atoms with van der Waals surface area (Å²) in [7, 11) is 0. The Morgan fingerprint density at radius 3 is 2.50 bits per heavy atom. The van der Waals surface area contributed by atoms with Gasteiger partial charge in [-0.15, -0.1) is 0 Å². The molecule has 3 aromatic rings. The highest BCUT2D eigenvalue weighted by Crippen LogP contribution is 2.38.